The summed E-state index contributed by atoms with van der Waals surface area (Å²) in [6.07, 6.45) is 5.64. The first-order valence-corrected chi connectivity index (χ1v) is 6.01. The van der Waals surface area contributed by atoms with E-state index in [9.17, 15) is 0 Å². The average Bonchev–Trinajstić information content (AvgIpc) is 2.80. The summed E-state index contributed by atoms with van der Waals surface area (Å²) in [5.74, 6) is 0. The maximum absolute atomic E-state index is 4.05. The van der Waals surface area contributed by atoms with Crippen molar-refractivity contribution in [3.8, 4) is 0 Å². The molecule has 0 fully saturated rings. The van der Waals surface area contributed by atoms with Gasteiger partial charge in [0.2, 0.25) is 0 Å². The highest BCUT2D eigenvalue weighted by molar-refractivity contribution is 5.23. The minimum absolute atomic E-state index is 0.521. The molecule has 1 aromatic carbocycles. The van der Waals surface area contributed by atoms with E-state index in [2.05, 4.69) is 53.0 Å². The highest BCUT2D eigenvalue weighted by Crippen LogP contribution is 2.07. The molecule has 2 rings (SSSR count). The van der Waals surface area contributed by atoms with Gasteiger partial charge in [0.05, 0.1) is 6.33 Å². The van der Waals surface area contributed by atoms with Gasteiger partial charge in [0, 0.05) is 31.5 Å². The van der Waals surface area contributed by atoms with Crippen molar-refractivity contribution in [3.63, 3.8) is 0 Å². The zero-order valence-electron chi connectivity index (χ0n) is 10.4. The van der Waals surface area contributed by atoms with Crippen molar-refractivity contribution in [2.75, 3.05) is 0 Å². The molecule has 0 aliphatic heterocycles. The topological polar surface area (TPSA) is 29.9 Å². The van der Waals surface area contributed by atoms with Crippen LogP contribution in [0.2, 0.25) is 0 Å². The van der Waals surface area contributed by atoms with Gasteiger partial charge in [-0.1, -0.05) is 38.1 Å². The van der Waals surface area contributed by atoms with Crippen molar-refractivity contribution < 1.29 is 0 Å². The molecular weight excluding hydrogens is 210 g/mol. The van der Waals surface area contributed by atoms with Crippen LogP contribution in [0.5, 0.6) is 0 Å². The Morgan fingerprint density at radius 1 is 1.29 bits per heavy atom. The second kappa shape index (κ2) is 5.64. The minimum atomic E-state index is 0.521. The quantitative estimate of drug-likeness (QED) is 0.853. The maximum atomic E-state index is 4.05. The van der Waals surface area contributed by atoms with Crippen LogP contribution in [0.25, 0.3) is 0 Å². The number of benzene rings is 1. The van der Waals surface area contributed by atoms with E-state index in [4.69, 9.17) is 0 Å². The fourth-order valence-electron chi connectivity index (χ4n) is 1.75. The lowest BCUT2D eigenvalue weighted by atomic mass is 10.1. The predicted octanol–water partition coefficient (Wildman–Crippen LogP) is 2.43. The lowest BCUT2D eigenvalue weighted by molar-refractivity contribution is 0.588. The van der Waals surface area contributed by atoms with Gasteiger partial charge in [0.15, 0.2) is 0 Å². The van der Waals surface area contributed by atoms with Gasteiger partial charge >= 0.3 is 0 Å². The molecule has 3 nitrogen and oxygen atoms in total. The molecule has 0 aliphatic carbocycles. The Kier molecular flexibility index (Phi) is 3.94. The summed E-state index contributed by atoms with van der Waals surface area (Å²) in [5, 5.41) is 3.43. The Hall–Kier alpha value is -1.61. The SMILES string of the molecule is CC(C)NCc1cccc(Cn2ccnc2)c1. The minimum Gasteiger partial charge on any atom is -0.333 e. The first-order chi connectivity index (χ1) is 8.24. The van der Waals surface area contributed by atoms with Gasteiger partial charge in [-0.3, -0.25) is 0 Å². The van der Waals surface area contributed by atoms with Gasteiger partial charge in [0.1, 0.15) is 0 Å². The van der Waals surface area contributed by atoms with Crippen molar-refractivity contribution in [2.45, 2.75) is 33.0 Å². The first kappa shape index (κ1) is 11.9. The Bertz CT molecular complexity index is 446. The molecule has 0 bridgehead atoms. The van der Waals surface area contributed by atoms with E-state index in [1.54, 1.807) is 0 Å². The molecule has 2 aromatic rings. The van der Waals surface area contributed by atoms with Crippen LogP contribution in [-0.2, 0) is 13.1 Å². The van der Waals surface area contributed by atoms with Crippen LogP contribution >= 0.6 is 0 Å². The fourth-order valence-corrected chi connectivity index (χ4v) is 1.75. The Morgan fingerprint density at radius 2 is 2.12 bits per heavy atom. The number of aromatic nitrogens is 2. The lowest BCUT2D eigenvalue weighted by Crippen LogP contribution is -2.21. The van der Waals surface area contributed by atoms with Crippen LogP contribution < -0.4 is 5.32 Å². The molecule has 1 heterocycles. The Morgan fingerprint density at radius 3 is 2.82 bits per heavy atom. The molecular formula is C14H19N3. The monoisotopic (exact) mass is 229 g/mol. The Balaban J connectivity index is 2.01. The highest BCUT2D eigenvalue weighted by atomic mass is 15.0. The van der Waals surface area contributed by atoms with Crippen LogP contribution in [0.1, 0.15) is 25.0 Å². The van der Waals surface area contributed by atoms with Gasteiger partial charge in [0.25, 0.3) is 0 Å². The van der Waals surface area contributed by atoms with Crippen molar-refractivity contribution in [1.82, 2.24) is 14.9 Å². The van der Waals surface area contributed by atoms with Gasteiger partial charge in [-0.2, -0.15) is 0 Å². The summed E-state index contributed by atoms with van der Waals surface area (Å²) in [5.41, 5.74) is 2.64. The molecule has 0 saturated heterocycles. The number of rotatable bonds is 5. The summed E-state index contributed by atoms with van der Waals surface area (Å²) in [7, 11) is 0. The third-order valence-corrected chi connectivity index (χ3v) is 2.63. The van der Waals surface area contributed by atoms with E-state index in [0.717, 1.165) is 13.1 Å². The molecule has 1 N–H and O–H groups in total. The summed E-state index contributed by atoms with van der Waals surface area (Å²) >= 11 is 0. The van der Waals surface area contributed by atoms with Crippen molar-refractivity contribution in [3.05, 3.63) is 54.1 Å². The zero-order chi connectivity index (χ0) is 12.1. The van der Waals surface area contributed by atoms with Crippen LogP contribution in [0.4, 0.5) is 0 Å². The van der Waals surface area contributed by atoms with E-state index < -0.39 is 0 Å². The van der Waals surface area contributed by atoms with Crippen molar-refractivity contribution >= 4 is 0 Å². The molecule has 0 radical (unpaired) electrons. The van der Waals surface area contributed by atoms with E-state index in [0.29, 0.717) is 6.04 Å². The van der Waals surface area contributed by atoms with Crippen LogP contribution in [-0.4, -0.2) is 15.6 Å². The first-order valence-electron chi connectivity index (χ1n) is 6.01. The molecule has 0 saturated carbocycles. The number of nitrogens with one attached hydrogen (secondary N) is 1. The standard InChI is InChI=1S/C14H19N3/c1-12(2)16-9-13-4-3-5-14(8-13)10-17-7-6-15-11-17/h3-8,11-12,16H,9-10H2,1-2H3. The predicted molar refractivity (Wildman–Crippen MR) is 69.7 cm³/mol. The molecule has 0 amide bonds. The van der Waals surface area contributed by atoms with E-state index >= 15 is 0 Å². The maximum Gasteiger partial charge on any atom is 0.0949 e. The number of imidazole rings is 1. The average molecular weight is 229 g/mol. The summed E-state index contributed by atoms with van der Waals surface area (Å²) < 4.78 is 2.08. The van der Waals surface area contributed by atoms with Gasteiger partial charge in [-0.25, -0.2) is 4.98 Å². The normalized spacial score (nSPS) is 11.0. The molecule has 1 aromatic heterocycles. The van der Waals surface area contributed by atoms with E-state index in [1.165, 1.54) is 11.1 Å². The molecule has 0 aliphatic rings. The zero-order valence-corrected chi connectivity index (χ0v) is 10.4. The van der Waals surface area contributed by atoms with Crippen LogP contribution in [0.3, 0.4) is 0 Å². The number of hydrogen-bond donors (Lipinski definition) is 1. The smallest absolute Gasteiger partial charge is 0.0949 e. The molecule has 0 unspecified atom stereocenters. The summed E-state index contributed by atoms with van der Waals surface area (Å²) in [6.45, 7) is 6.13. The van der Waals surface area contributed by atoms with E-state index in [-0.39, 0.29) is 0 Å². The lowest BCUT2D eigenvalue weighted by Gasteiger charge is -2.09. The summed E-state index contributed by atoms with van der Waals surface area (Å²) in [6, 6.07) is 9.19. The van der Waals surface area contributed by atoms with E-state index in [1.807, 2.05) is 18.7 Å². The van der Waals surface area contributed by atoms with Gasteiger partial charge < -0.3 is 9.88 Å². The van der Waals surface area contributed by atoms with Crippen LogP contribution in [0.15, 0.2) is 43.0 Å². The van der Waals surface area contributed by atoms with Crippen molar-refractivity contribution in [1.29, 1.82) is 0 Å². The molecule has 17 heavy (non-hydrogen) atoms. The molecule has 0 atom stereocenters. The molecule has 0 spiro atoms. The molecule has 3 heteroatoms. The van der Waals surface area contributed by atoms with Gasteiger partial charge in [-0.15, -0.1) is 0 Å². The summed E-state index contributed by atoms with van der Waals surface area (Å²) in [4.78, 5) is 4.05. The number of nitrogens with zero attached hydrogens (tertiary/aromatic N) is 2. The fraction of sp³-hybridized carbons (Fsp3) is 0.357. The number of hydrogen-bond acceptors (Lipinski definition) is 2. The largest absolute Gasteiger partial charge is 0.333 e. The van der Waals surface area contributed by atoms with Crippen LogP contribution in [0, 0.1) is 0 Å². The second-order valence-corrected chi connectivity index (χ2v) is 4.59. The third kappa shape index (κ3) is 3.71. The molecule has 90 valence electrons. The van der Waals surface area contributed by atoms with Crippen molar-refractivity contribution in [2.24, 2.45) is 0 Å². The van der Waals surface area contributed by atoms with Gasteiger partial charge in [-0.05, 0) is 11.1 Å². The highest BCUT2D eigenvalue weighted by Gasteiger charge is 1.98. The second-order valence-electron chi connectivity index (χ2n) is 4.59. The third-order valence-electron chi connectivity index (χ3n) is 2.63. The Labute approximate surface area is 103 Å².